The van der Waals surface area contributed by atoms with Gasteiger partial charge >= 0.3 is 0 Å². The highest BCUT2D eigenvalue weighted by Gasteiger charge is 2.31. The van der Waals surface area contributed by atoms with E-state index in [1.165, 1.54) is 11.3 Å². The number of hydrogen-bond acceptors (Lipinski definition) is 7. The molecule has 1 aliphatic carbocycles. The summed E-state index contributed by atoms with van der Waals surface area (Å²) in [5, 5.41) is 3.07. The van der Waals surface area contributed by atoms with Gasteiger partial charge in [-0.2, -0.15) is 0 Å². The Morgan fingerprint density at radius 1 is 0.927 bits per heavy atom. The summed E-state index contributed by atoms with van der Waals surface area (Å²) in [7, 11) is -3.40. The Morgan fingerprint density at radius 2 is 1.73 bits per heavy atom. The van der Waals surface area contributed by atoms with Crippen LogP contribution >= 0.6 is 11.3 Å². The van der Waals surface area contributed by atoms with Crippen molar-refractivity contribution in [2.75, 3.05) is 28.6 Å². The molecular weight excluding hydrogens is 556 g/mol. The molecular formula is C31H28N4O4S2. The van der Waals surface area contributed by atoms with Crippen LogP contribution in [-0.4, -0.2) is 50.1 Å². The number of anilines is 2. The number of nitrogens with one attached hydrogen (secondary N) is 1. The molecule has 2 amide bonds. The number of amides is 2. The van der Waals surface area contributed by atoms with Crippen molar-refractivity contribution in [2.24, 2.45) is 0 Å². The van der Waals surface area contributed by atoms with Crippen LogP contribution < -0.4 is 15.1 Å². The van der Waals surface area contributed by atoms with Gasteiger partial charge < -0.3 is 15.1 Å². The van der Waals surface area contributed by atoms with Gasteiger partial charge in [-0.25, -0.2) is 13.4 Å². The van der Waals surface area contributed by atoms with E-state index >= 15 is 0 Å². The number of benzene rings is 2. The first-order valence-corrected chi connectivity index (χ1v) is 16.2. The van der Waals surface area contributed by atoms with Crippen molar-refractivity contribution in [1.29, 1.82) is 0 Å². The highest BCUT2D eigenvalue weighted by atomic mass is 32.2. The van der Waals surface area contributed by atoms with E-state index in [1.807, 2.05) is 53.4 Å². The molecule has 0 atom stereocenters. The summed E-state index contributed by atoms with van der Waals surface area (Å²) in [5.41, 5.74) is 3.79. The molecule has 1 fully saturated rings. The molecule has 2 aromatic heterocycles. The van der Waals surface area contributed by atoms with Gasteiger partial charge in [0, 0.05) is 36.1 Å². The Bertz CT molecular complexity index is 1800. The molecule has 7 rings (SSSR count). The summed E-state index contributed by atoms with van der Waals surface area (Å²) < 4.78 is 25.7. The maximum Gasteiger partial charge on any atom is 0.276 e. The number of sulfone groups is 1. The van der Waals surface area contributed by atoms with Crippen LogP contribution in [0.3, 0.4) is 0 Å². The first kappa shape index (κ1) is 25.9. The van der Waals surface area contributed by atoms with Crippen LogP contribution in [0, 0.1) is 0 Å². The molecule has 8 nitrogen and oxygen atoms in total. The zero-order chi connectivity index (χ0) is 28.1. The third kappa shape index (κ3) is 4.91. The standard InChI is InChI=1S/C31H28N4O4S2/c36-30(32-22-12-13-22)26-18-20-14-15-35(25-9-3-2-7-23(25)29(20)40-26)31(37)24-8-5-11-28(33-24)34-16-17-41(38,39)27-10-4-1-6-21(27)19-34/h1-11,18,22H,12-17,19H2,(H,32,36). The zero-order valence-electron chi connectivity index (χ0n) is 22.2. The van der Waals surface area contributed by atoms with Gasteiger partial charge in [0.05, 0.1) is 21.2 Å². The van der Waals surface area contributed by atoms with Crippen molar-refractivity contribution in [2.45, 2.75) is 36.7 Å². The number of nitrogens with zero attached hydrogens (tertiary/aromatic N) is 3. The number of rotatable bonds is 4. The van der Waals surface area contributed by atoms with E-state index in [0.717, 1.165) is 40.1 Å². The first-order valence-electron chi connectivity index (χ1n) is 13.7. The Balaban J connectivity index is 1.18. The minimum absolute atomic E-state index is 0.0214. The summed E-state index contributed by atoms with van der Waals surface area (Å²) in [6, 6.07) is 22.4. The van der Waals surface area contributed by atoms with Gasteiger partial charge in [-0.15, -0.1) is 11.3 Å². The Kier molecular flexibility index (Phi) is 6.39. The summed E-state index contributed by atoms with van der Waals surface area (Å²) in [5.74, 6) is 0.299. The van der Waals surface area contributed by atoms with Gasteiger partial charge in [-0.1, -0.05) is 42.5 Å². The lowest BCUT2D eigenvalue weighted by Crippen LogP contribution is -2.34. The lowest BCUT2D eigenvalue weighted by Gasteiger charge is -2.25. The van der Waals surface area contributed by atoms with E-state index in [0.29, 0.717) is 46.8 Å². The van der Waals surface area contributed by atoms with Crippen molar-refractivity contribution >= 4 is 44.5 Å². The van der Waals surface area contributed by atoms with Gasteiger partial charge in [-0.3, -0.25) is 9.59 Å². The molecule has 1 N–H and O–H groups in total. The van der Waals surface area contributed by atoms with Crippen LogP contribution in [0.2, 0.25) is 0 Å². The van der Waals surface area contributed by atoms with Crippen LogP contribution in [0.5, 0.6) is 0 Å². The summed E-state index contributed by atoms with van der Waals surface area (Å²) >= 11 is 1.47. The number of aromatic nitrogens is 1. The molecule has 0 saturated heterocycles. The highest BCUT2D eigenvalue weighted by Crippen LogP contribution is 2.42. The summed E-state index contributed by atoms with van der Waals surface area (Å²) in [6.07, 6.45) is 2.69. The molecule has 2 aliphatic heterocycles. The first-order chi connectivity index (χ1) is 19.9. The van der Waals surface area contributed by atoms with Crippen LogP contribution in [0.4, 0.5) is 11.5 Å². The molecule has 0 spiro atoms. The Morgan fingerprint density at radius 3 is 2.59 bits per heavy atom. The molecule has 41 heavy (non-hydrogen) atoms. The van der Waals surface area contributed by atoms with E-state index in [9.17, 15) is 18.0 Å². The second-order valence-corrected chi connectivity index (χ2v) is 13.8. The van der Waals surface area contributed by atoms with Crippen molar-refractivity contribution in [3.63, 3.8) is 0 Å². The van der Waals surface area contributed by atoms with E-state index in [-0.39, 0.29) is 24.1 Å². The molecule has 4 heterocycles. The van der Waals surface area contributed by atoms with Crippen LogP contribution in [0.15, 0.2) is 77.7 Å². The number of carbonyl (C=O) groups excluding carboxylic acids is 2. The topological polar surface area (TPSA) is 99.7 Å². The smallest absolute Gasteiger partial charge is 0.276 e. The maximum absolute atomic E-state index is 14.0. The van der Waals surface area contributed by atoms with Crippen molar-refractivity contribution < 1.29 is 18.0 Å². The molecule has 0 bridgehead atoms. The van der Waals surface area contributed by atoms with E-state index in [1.54, 1.807) is 29.2 Å². The van der Waals surface area contributed by atoms with Crippen LogP contribution in [0.1, 0.15) is 44.1 Å². The van der Waals surface area contributed by atoms with Gasteiger partial charge in [-0.05, 0) is 60.7 Å². The second-order valence-electron chi connectivity index (χ2n) is 10.7. The monoisotopic (exact) mass is 584 g/mol. The van der Waals surface area contributed by atoms with Crippen LogP contribution in [-0.2, 0) is 22.8 Å². The van der Waals surface area contributed by atoms with Gasteiger partial charge in [0.2, 0.25) is 0 Å². The van der Waals surface area contributed by atoms with Crippen molar-refractivity contribution in [3.05, 3.63) is 94.5 Å². The second kappa shape index (κ2) is 10.1. The van der Waals surface area contributed by atoms with E-state index in [4.69, 9.17) is 4.98 Å². The van der Waals surface area contributed by atoms with Crippen molar-refractivity contribution in [1.82, 2.24) is 10.3 Å². The van der Waals surface area contributed by atoms with E-state index in [2.05, 4.69) is 5.32 Å². The predicted molar refractivity (Wildman–Crippen MR) is 159 cm³/mol. The number of fused-ring (bicyclic) bond motifs is 4. The molecule has 4 aromatic rings. The summed E-state index contributed by atoms with van der Waals surface area (Å²) in [6.45, 7) is 1.12. The average molecular weight is 585 g/mol. The number of thiophene rings is 1. The third-order valence-corrected chi connectivity index (χ3v) is 10.8. The molecule has 0 unspecified atom stereocenters. The normalized spacial score (nSPS) is 17.5. The van der Waals surface area contributed by atoms with E-state index < -0.39 is 9.84 Å². The third-order valence-electron chi connectivity index (χ3n) is 7.81. The zero-order valence-corrected chi connectivity index (χ0v) is 23.9. The fraction of sp³-hybridized carbons (Fsp3) is 0.258. The summed E-state index contributed by atoms with van der Waals surface area (Å²) in [4.78, 5) is 37.2. The number of para-hydroxylation sites is 1. The van der Waals surface area contributed by atoms with Crippen LogP contribution in [0.25, 0.3) is 10.4 Å². The number of hydrogen-bond donors (Lipinski definition) is 1. The number of carbonyl (C=O) groups is 2. The van der Waals surface area contributed by atoms with Gasteiger partial charge in [0.15, 0.2) is 9.84 Å². The SMILES string of the molecule is O=C(NC1CC1)c1cc2c(s1)-c1ccccc1N(C(=O)c1cccc(N3CCS(=O)(=O)c4ccccc4C3)n1)CC2. The largest absolute Gasteiger partial charge is 0.351 e. The van der Waals surface area contributed by atoms with Crippen molar-refractivity contribution in [3.8, 4) is 10.4 Å². The fourth-order valence-corrected chi connectivity index (χ4v) is 8.16. The molecule has 0 radical (unpaired) electrons. The quantitative estimate of drug-likeness (QED) is 0.373. The average Bonchev–Trinajstić information content (AvgIpc) is 3.75. The highest BCUT2D eigenvalue weighted by molar-refractivity contribution is 7.91. The fourth-order valence-electron chi connectivity index (χ4n) is 5.52. The molecule has 10 heteroatoms. The maximum atomic E-state index is 14.0. The lowest BCUT2D eigenvalue weighted by atomic mass is 10.1. The molecule has 208 valence electrons. The predicted octanol–water partition coefficient (Wildman–Crippen LogP) is 4.70. The molecule has 2 aromatic carbocycles. The van der Waals surface area contributed by atoms with Gasteiger partial charge in [0.1, 0.15) is 11.5 Å². The minimum atomic E-state index is -3.40. The lowest BCUT2D eigenvalue weighted by molar-refractivity contribution is 0.0952. The minimum Gasteiger partial charge on any atom is -0.351 e. The number of pyridine rings is 1. The van der Waals surface area contributed by atoms with Gasteiger partial charge in [0.25, 0.3) is 11.8 Å². The Hall–Kier alpha value is -4.02. The molecule has 1 saturated carbocycles. The molecule has 3 aliphatic rings. The Labute approximate surface area is 242 Å².